The highest BCUT2D eigenvalue weighted by Gasteiger charge is 2.16. The van der Waals surface area contributed by atoms with Gasteiger partial charge in [-0.1, -0.05) is 30.3 Å². The topological polar surface area (TPSA) is 24.9 Å². The summed E-state index contributed by atoms with van der Waals surface area (Å²) in [4.78, 5) is 5.08. The molecule has 1 aliphatic rings. The first kappa shape index (κ1) is 17.8. The minimum atomic E-state index is 0.760. The van der Waals surface area contributed by atoms with E-state index in [4.69, 9.17) is 9.47 Å². The van der Waals surface area contributed by atoms with Gasteiger partial charge < -0.3 is 14.4 Å². The van der Waals surface area contributed by atoms with Gasteiger partial charge in [0.15, 0.2) is 0 Å². The summed E-state index contributed by atoms with van der Waals surface area (Å²) in [6.07, 6.45) is 1.06. The van der Waals surface area contributed by atoms with E-state index in [0.717, 1.165) is 63.8 Å². The molecule has 1 aliphatic heterocycles. The Morgan fingerprint density at radius 2 is 1.44 bits per heavy atom. The van der Waals surface area contributed by atoms with E-state index in [-0.39, 0.29) is 0 Å². The Morgan fingerprint density at radius 3 is 2.12 bits per heavy atom. The maximum Gasteiger partial charge on any atom is 0.119 e. The first-order valence-electron chi connectivity index (χ1n) is 9.09. The highest BCUT2D eigenvalue weighted by Crippen LogP contribution is 2.17. The van der Waals surface area contributed by atoms with Gasteiger partial charge in [0.25, 0.3) is 0 Å². The highest BCUT2D eigenvalue weighted by atomic mass is 16.5. The number of nitrogens with zero attached hydrogens (tertiary/aromatic N) is 2. The smallest absolute Gasteiger partial charge is 0.119 e. The predicted molar refractivity (Wildman–Crippen MR) is 101 cm³/mol. The fraction of sp³-hybridized carbons (Fsp3) is 0.429. The Bertz CT molecular complexity index is 608. The van der Waals surface area contributed by atoms with Crippen molar-refractivity contribution in [1.82, 2.24) is 9.80 Å². The fourth-order valence-corrected chi connectivity index (χ4v) is 3.16. The summed E-state index contributed by atoms with van der Waals surface area (Å²) >= 11 is 0. The Balaban J connectivity index is 1.30. The molecule has 4 heteroatoms. The van der Waals surface area contributed by atoms with Gasteiger partial charge in [-0.3, -0.25) is 4.90 Å². The van der Waals surface area contributed by atoms with Gasteiger partial charge in [0.05, 0.1) is 13.7 Å². The number of hydrogen-bond acceptors (Lipinski definition) is 4. The zero-order valence-corrected chi connectivity index (χ0v) is 15.1. The molecule has 0 N–H and O–H groups in total. The summed E-state index contributed by atoms with van der Waals surface area (Å²) in [7, 11) is 1.68. The van der Waals surface area contributed by atoms with Crippen molar-refractivity contribution in [3.05, 3.63) is 60.2 Å². The van der Waals surface area contributed by atoms with Crippen LogP contribution < -0.4 is 9.47 Å². The monoisotopic (exact) mass is 340 g/mol. The van der Waals surface area contributed by atoms with Crippen molar-refractivity contribution < 1.29 is 9.47 Å². The van der Waals surface area contributed by atoms with Crippen molar-refractivity contribution in [2.75, 3.05) is 46.4 Å². The van der Waals surface area contributed by atoms with E-state index >= 15 is 0 Å². The largest absolute Gasteiger partial charge is 0.497 e. The third kappa shape index (κ3) is 5.76. The summed E-state index contributed by atoms with van der Waals surface area (Å²) < 4.78 is 11.0. The molecule has 0 unspecified atom stereocenters. The van der Waals surface area contributed by atoms with Gasteiger partial charge in [0.1, 0.15) is 11.5 Å². The lowest BCUT2D eigenvalue weighted by Crippen LogP contribution is -2.46. The summed E-state index contributed by atoms with van der Waals surface area (Å²) in [5.74, 6) is 1.77. The summed E-state index contributed by atoms with van der Waals surface area (Å²) in [5, 5.41) is 0. The number of hydrogen-bond donors (Lipinski definition) is 0. The van der Waals surface area contributed by atoms with Crippen molar-refractivity contribution >= 4 is 0 Å². The molecule has 0 radical (unpaired) electrons. The molecule has 0 atom stereocenters. The van der Waals surface area contributed by atoms with Crippen LogP contribution in [-0.2, 0) is 6.54 Å². The van der Waals surface area contributed by atoms with E-state index in [1.165, 1.54) is 5.56 Å². The SMILES string of the molecule is COc1ccc(OCCCN2CCN(Cc3ccccc3)CC2)cc1. The Labute approximate surface area is 151 Å². The highest BCUT2D eigenvalue weighted by molar-refractivity contribution is 5.31. The molecule has 3 rings (SSSR count). The maximum atomic E-state index is 5.80. The van der Waals surface area contributed by atoms with Crippen molar-refractivity contribution in [1.29, 1.82) is 0 Å². The van der Waals surface area contributed by atoms with Crippen LogP contribution in [0.2, 0.25) is 0 Å². The van der Waals surface area contributed by atoms with Crippen LogP contribution in [0.4, 0.5) is 0 Å². The number of methoxy groups -OCH3 is 1. The van der Waals surface area contributed by atoms with Crippen LogP contribution in [0.3, 0.4) is 0 Å². The lowest BCUT2D eigenvalue weighted by Gasteiger charge is -2.34. The predicted octanol–water partition coefficient (Wildman–Crippen LogP) is 3.28. The molecule has 134 valence electrons. The molecule has 4 nitrogen and oxygen atoms in total. The minimum Gasteiger partial charge on any atom is -0.497 e. The Kier molecular flexibility index (Phi) is 6.71. The molecule has 25 heavy (non-hydrogen) atoms. The Hall–Kier alpha value is -2.04. The number of rotatable bonds is 8. The van der Waals surface area contributed by atoms with Gasteiger partial charge in [-0.05, 0) is 36.2 Å². The van der Waals surface area contributed by atoms with Gasteiger partial charge >= 0.3 is 0 Å². The standard InChI is InChI=1S/C21H28N2O2/c1-24-20-8-10-21(11-9-20)25-17-5-12-22-13-15-23(16-14-22)18-19-6-3-2-4-7-19/h2-4,6-11H,5,12-18H2,1H3. The maximum absolute atomic E-state index is 5.80. The molecule has 0 bridgehead atoms. The normalized spacial score (nSPS) is 15.9. The third-order valence-corrected chi connectivity index (χ3v) is 4.66. The molecule has 2 aromatic rings. The fourth-order valence-electron chi connectivity index (χ4n) is 3.16. The number of ether oxygens (including phenoxy) is 2. The average molecular weight is 340 g/mol. The van der Waals surface area contributed by atoms with E-state index in [1.807, 2.05) is 24.3 Å². The quantitative estimate of drug-likeness (QED) is 0.689. The Morgan fingerprint density at radius 1 is 0.800 bits per heavy atom. The zero-order valence-electron chi connectivity index (χ0n) is 15.1. The van der Waals surface area contributed by atoms with Gasteiger partial charge in [0, 0.05) is 39.3 Å². The average Bonchev–Trinajstić information content (AvgIpc) is 2.68. The van der Waals surface area contributed by atoms with Crippen LogP contribution >= 0.6 is 0 Å². The second-order valence-electron chi connectivity index (χ2n) is 6.48. The van der Waals surface area contributed by atoms with Crippen LogP contribution in [0.5, 0.6) is 11.5 Å². The van der Waals surface area contributed by atoms with E-state index in [9.17, 15) is 0 Å². The van der Waals surface area contributed by atoms with Crippen molar-refractivity contribution in [2.45, 2.75) is 13.0 Å². The lowest BCUT2D eigenvalue weighted by molar-refractivity contribution is 0.121. The van der Waals surface area contributed by atoms with Crippen molar-refractivity contribution in [2.24, 2.45) is 0 Å². The van der Waals surface area contributed by atoms with E-state index < -0.39 is 0 Å². The molecule has 1 saturated heterocycles. The second-order valence-corrected chi connectivity index (χ2v) is 6.48. The second kappa shape index (κ2) is 9.44. The first-order valence-corrected chi connectivity index (χ1v) is 9.09. The van der Waals surface area contributed by atoms with Crippen LogP contribution in [-0.4, -0.2) is 56.2 Å². The van der Waals surface area contributed by atoms with Crippen LogP contribution in [0.25, 0.3) is 0 Å². The number of benzene rings is 2. The molecule has 0 amide bonds. The third-order valence-electron chi connectivity index (χ3n) is 4.66. The van der Waals surface area contributed by atoms with Crippen molar-refractivity contribution in [3.63, 3.8) is 0 Å². The zero-order chi connectivity index (χ0) is 17.3. The summed E-state index contributed by atoms with van der Waals surface area (Å²) in [6, 6.07) is 18.5. The van der Waals surface area contributed by atoms with E-state index in [1.54, 1.807) is 7.11 Å². The van der Waals surface area contributed by atoms with E-state index in [2.05, 4.69) is 40.1 Å². The minimum absolute atomic E-state index is 0.760. The molecular formula is C21H28N2O2. The molecular weight excluding hydrogens is 312 g/mol. The molecule has 1 heterocycles. The van der Waals surface area contributed by atoms with E-state index in [0.29, 0.717) is 0 Å². The molecule has 2 aromatic carbocycles. The summed E-state index contributed by atoms with van der Waals surface area (Å²) in [5.41, 5.74) is 1.41. The van der Waals surface area contributed by atoms with Crippen LogP contribution in [0, 0.1) is 0 Å². The van der Waals surface area contributed by atoms with Gasteiger partial charge in [0.2, 0.25) is 0 Å². The van der Waals surface area contributed by atoms with Crippen molar-refractivity contribution in [3.8, 4) is 11.5 Å². The van der Waals surface area contributed by atoms with Gasteiger partial charge in [-0.2, -0.15) is 0 Å². The number of piperazine rings is 1. The molecule has 0 saturated carbocycles. The molecule has 0 aliphatic carbocycles. The summed E-state index contributed by atoms with van der Waals surface area (Å²) in [6.45, 7) is 7.52. The van der Waals surface area contributed by atoms with Crippen LogP contribution in [0.15, 0.2) is 54.6 Å². The molecule has 0 spiro atoms. The van der Waals surface area contributed by atoms with Gasteiger partial charge in [-0.15, -0.1) is 0 Å². The lowest BCUT2D eigenvalue weighted by atomic mass is 10.2. The molecule has 1 fully saturated rings. The van der Waals surface area contributed by atoms with Gasteiger partial charge in [-0.25, -0.2) is 0 Å². The van der Waals surface area contributed by atoms with Crippen LogP contribution in [0.1, 0.15) is 12.0 Å². The molecule has 0 aromatic heterocycles. The first-order chi connectivity index (χ1) is 12.3.